The van der Waals surface area contributed by atoms with Crippen LogP contribution in [0, 0.1) is 0 Å². The van der Waals surface area contributed by atoms with E-state index in [4.69, 9.17) is 4.42 Å². The second kappa shape index (κ2) is 6.59. The summed E-state index contributed by atoms with van der Waals surface area (Å²) in [5.41, 5.74) is 0.233. The number of aromatic nitrogens is 2. The van der Waals surface area contributed by atoms with Gasteiger partial charge in [0.15, 0.2) is 0 Å². The van der Waals surface area contributed by atoms with Gasteiger partial charge in [0.1, 0.15) is 0 Å². The maximum Gasteiger partial charge on any atom is 0.315 e. The molecule has 8 heteroatoms. The summed E-state index contributed by atoms with van der Waals surface area (Å²) >= 11 is 0. The van der Waals surface area contributed by atoms with E-state index in [1.54, 1.807) is 0 Å². The first-order valence-corrected chi connectivity index (χ1v) is 7.38. The molecule has 1 aliphatic heterocycles. The molecule has 1 aromatic carbocycles. The molecule has 3 rings (SSSR count). The van der Waals surface area contributed by atoms with Crippen molar-refractivity contribution in [1.29, 1.82) is 0 Å². The monoisotopic (exact) mass is 324 g/mol. The van der Waals surface area contributed by atoms with Gasteiger partial charge in [-0.25, -0.2) is 0 Å². The topological polar surface area (TPSA) is 74.4 Å². The van der Waals surface area contributed by atoms with Gasteiger partial charge in [0.05, 0.1) is 5.60 Å². The lowest BCUT2D eigenvalue weighted by Gasteiger charge is -2.23. The van der Waals surface area contributed by atoms with Crippen molar-refractivity contribution in [3.05, 3.63) is 41.8 Å². The van der Waals surface area contributed by atoms with Crippen LogP contribution < -0.4 is 5.32 Å². The summed E-state index contributed by atoms with van der Waals surface area (Å²) < 4.78 is 29.5. The zero-order chi connectivity index (χ0) is 16.3. The standard InChI is InChI=1S/C15H18F2N4O2/c16-12(17)13-19-20-14(23-13)18-9-15(22)6-7-21(10-15)8-11-4-2-1-3-5-11/h1-5,12,22H,6-10H2,(H,18,20). The maximum absolute atomic E-state index is 12.4. The van der Waals surface area contributed by atoms with Crippen molar-refractivity contribution in [2.45, 2.75) is 25.0 Å². The van der Waals surface area contributed by atoms with Crippen molar-refractivity contribution in [3.63, 3.8) is 0 Å². The first-order valence-electron chi connectivity index (χ1n) is 7.38. The van der Waals surface area contributed by atoms with Crippen molar-refractivity contribution >= 4 is 6.01 Å². The number of aliphatic hydroxyl groups is 1. The van der Waals surface area contributed by atoms with E-state index in [1.165, 1.54) is 5.56 Å². The lowest BCUT2D eigenvalue weighted by molar-refractivity contribution is 0.0608. The second-order valence-electron chi connectivity index (χ2n) is 5.77. The van der Waals surface area contributed by atoms with Gasteiger partial charge in [-0.1, -0.05) is 35.4 Å². The van der Waals surface area contributed by atoms with Crippen molar-refractivity contribution in [2.75, 3.05) is 25.0 Å². The fraction of sp³-hybridized carbons (Fsp3) is 0.467. The van der Waals surface area contributed by atoms with Gasteiger partial charge in [-0.15, -0.1) is 5.10 Å². The highest BCUT2D eigenvalue weighted by molar-refractivity contribution is 5.20. The smallest absolute Gasteiger partial charge is 0.315 e. The minimum atomic E-state index is -2.80. The molecule has 6 nitrogen and oxygen atoms in total. The van der Waals surface area contributed by atoms with Gasteiger partial charge < -0.3 is 14.8 Å². The zero-order valence-electron chi connectivity index (χ0n) is 12.5. The molecule has 0 saturated carbocycles. The molecular weight excluding hydrogens is 306 g/mol. The molecule has 2 N–H and O–H groups in total. The highest BCUT2D eigenvalue weighted by Gasteiger charge is 2.36. The number of benzene rings is 1. The lowest BCUT2D eigenvalue weighted by atomic mass is 10.0. The van der Waals surface area contributed by atoms with E-state index in [0.717, 1.165) is 13.1 Å². The third-order valence-corrected chi connectivity index (χ3v) is 3.86. The van der Waals surface area contributed by atoms with E-state index in [1.807, 2.05) is 30.3 Å². The van der Waals surface area contributed by atoms with Crippen LogP contribution in [-0.4, -0.2) is 45.4 Å². The van der Waals surface area contributed by atoms with E-state index in [2.05, 4.69) is 20.4 Å². The number of likely N-dealkylation sites (tertiary alicyclic amines) is 1. The molecule has 0 bridgehead atoms. The van der Waals surface area contributed by atoms with Crippen molar-refractivity contribution in [2.24, 2.45) is 0 Å². The number of rotatable bonds is 6. The molecule has 1 atom stereocenters. The molecule has 23 heavy (non-hydrogen) atoms. The average Bonchev–Trinajstić information content (AvgIpc) is 3.14. The van der Waals surface area contributed by atoms with E-state index >= 15 is 0 Å². The molecule has 124 valence electrons. The number of β-amino-alcohol motifs (C(OH)–C–C–N with tert-alkyl or cyclic N) is 1. The van der Waals surface area contributed by atoms with Crippen LogP contribution in [0.25, 0.3) is 0 Å². The Balaban J connectivity index is 1.52. The highest BCUT2D eigenvalue weighted by atomic mass is 19.3. The summed E-state index contributed by atoms with van der Waals surface area (Å²) in [4.78, 5) is 2.15. The van der Waals surface area contributed by atoms with E-state index in [9.17, 15) is 13.9 Å². The quantitative estimate of drug-likeness (QED) is 0.847. The number of nitrogens with one attached hydrogen (secondary N) is 1. The summed E-state index contributed by atoms with van der Waals surface area (Å²) in [5.74, 6) is -0.725. The number of nitrogens with zero attached hydrogens (tertiary/aromatic N) is 3. The number of hydrogen-bond donors (Lipinski definition) is 2. The summed E-state index contributed by atoms with van der Waals surface area (Å²) in [5, 5.41) is 20.0. The number of anilines is 1. The molecule has 2 aromatic rings. The van der Waals surface area contributed by atoms with Crippen LogP contribution in [0.15, 0.2) is 34.7 Å². The molecule has 1 unspecified atom stereocenters. The third kappa shape index (κ3) is 4.02. The van der Waals surface area contributed by atoms with Gasteiger partial charge in [-0.2, -0.15) is 8.78 Å². The minimum absolute atomic E-state index is 0.102. The molecule has 0 amide bonds. The predicted octanol–water partition coefficient (Wildman–Crippen LogP) is 2.06. The van der Waals surface area contributed by atoms with Gasteiger partial charge in [0, 0.05) is 26.2 Å². The van der Waals surface area contributed by atoms with Gasteiger partial charge in [-0.3, -0.25) is 4.90 Å². The summed E-state index contributed by atoms with van der Waals surface area (Å²) in [6.45, 7) is 2.19. The molecule has 0 radical (unpaired) electrons. The van der Waals surface area contributed by atoms with Crippen LogP contribution >= 0.6 is 0 Å². The Bertz CT molecular complexity index is 637. The summed E-state index contributed by atoms with van der Waals surface area (Å²) in [6, 6.07) is 9.91. The van der Waals surface area contributed by atoms with E-state index in [0.29, 0.717) is 13.0 Å². The Morgan fingerprint density at radius 1 is 1.30 bits per heavy atom. The first kappa shape index (κ1) is 15.8. The normalized spacial score (nSPS) is 21.9. The molecule has 1 saturated heterocycles. The molecule has 0 spiro atoms. The Labute approximate surface area is 132 Å². The fourth-order valence-electron chi connectivity index (χ4n) is 2.70. The van der Waals surface area contributed by atoms with Crippen LogP contribution in [0.1, 0.15) is 24.3 Å². The summed E-state index contributed by atoms with van der Waals surface area (Å²) in [6.07, 6.45) is -2.21. The molecular formula is C15H18F2N4O2. The van der Waals surface area contributed by atoms with Gasteiger partial charge in [0.25, 0.3) is 5.89 Å². The van der Waals surface area contributed by atoms with Gasteiger partial charge in [0.2, 0.25) is 0 Å². The van der Waals surface area contributed by atoms with Crippen LogP contribution in [0.2, 0.25) is 0 Å². The van der Waals surface area contributed by atoms with Gasteiger partial charge >= 0.3 is 12.4 Å². The molecule has 1 aliphatic rings. The Kier molecular flexibility index (Phi) is 4.53. The molecule has 2 heterocycles. The molecule has 1 fully saturated rings. The summed E-state index contributed by atoms with van der Waals surface area (Å²) in [7, 11) is 0. The van der Waals surface area contributed by atoms with Crippen molar-refractivity contribution < 1.29 is 18.3 Å². The number of halogens is 2. The van der Waals surface area contributed by atoms with Gasteiger partial charge in [-0.05, 0) is 12.0 Å². The third-order valence-electron chi connectivity index (χ3n) is 3.86. The highest BCUT2D eigenvalue weighted by Crippen LogP contribution is 2.24. The van der Waals surface area contributed by atoms with Crippen LogP contribution in [0.4, 0.5) is 14.8 Å². The van der Waals surface area contributed by atoms with E-state index < -0.39 is 17.9 Å². The van der Waals surface area contributed by atoms with Crippen molar-refractivity contribution in [1.82, 2.24) is 15.1 Å². The average molecular weight is 324 g/mol. The SMILES string of the molecule is OC1(CNc2nnc(C(F)F)o2)CCN(Cc2ccccc2)C1. The van der Waals surface area contributed by atoms with Crippen molar-refractivity contribution in [3.8, 4) is 0 Å². The van der Waals surface area contributed by atoms with Crippen LogP contribution in [0.5, 0.6) is 0 Å². The number of alkyl halides is 2. The Morgan fingerprint density at radius 3 is 2.78 bits per heavy atom. The van der Waals surface area contributed by atoms with E-state index in [-0.39, 0.29) is 12.6 Å². The van der Waals surface area contributed by atoms with Crippen LogP contribution in [0.3, 0.4) is 0 Å². The second-order valence-corrected chi connectivity index (χ2v) is 5.77. The minimum Gasteiger partial charge on any atom is -0.402 e. The fourth-order valence-corrected chi connectivity index (χ4v) is 2.70. The number of hydrogen-bond acceptors (Lipinski definition) is 6. The maximum atomic E-state index is 12.4. The first-order chi connectivity index (χ1) is 11.0. The predicted molar refractivity (Wildman–Crippen MR) is 79.0 cm³/mol. The largest absolute Gasteiger partial charge is 0.402 e. The molecule has 0 aliphatic carbocycles. The lowest BCUT2D eigenvalue weighted by Crippen LogP contribution is -2.39. The van der Waals surface area contributed by atoms with Crippen LogP contribution in [-0.2, 0) is 6.54 Å². The zero-order valence-corrected chi connectivity index (χ0v) is 12.5. The molecule has 1 aromatic heterocycles. The Morgan fingerprint density at radius 2 is 2.09 bits per heavy atom. The Hall–Kier alpha value is -2.06.